The van der Waals surface area contributed by atoms with Crippen LogP contribution in [0.5, 0.6) is 0 Å². The van der Waals surface area contributed by atoms with Crippen molar-refractivity contribution in [3.8, 4) is 0 Å². The molecule has 156 valence electrons. The average molecular weight is 399 g/mol. The van der Waals surface area contributed by atoms with Gasteiger partial charge in [0.05, 0.1) is 25.4 Å². The van der Waals surface area contributed by atoms with Gasteiger partial charge in [-0.25, -0.2) is 0 Å². The van der Waals surface area contributed by atoms with E-state index in [2.05, 4.69) is 27.4 Å². The van der Waals surface area contributed by atoms with Crippen LogP contribution in [0.1, 0.15) is 31.2 Å². The van der Waals surface area contributed by atoms with E-state index in [1.54, 1.807) is 6.26 Å². The molecule has 7 heteroatoms. The van der Waals surface area contributed by atoms with Crippen molar-refractivity contribution < 1.29 is 14.0 Å². The number of carbonyl (C=O) groups excluding carboxylic acids is 2. The minimum absolute atomic E-state index is 0.00404. The molecule has 1 aliphatic heterocycles. The van der Waals surface area contributed by atoms with Crippen molar-refractivity contribution in [3.63, 3.8) is 0 Å². The Morgan fingerprint density at radius 2 is 1.66 bits per heavy atom. The number of furan rings is 1. The van der Waals surface area contributed by atoms with Crippen LogP contribution in [0, 0.1) is 0 Å². The Balaban J connectivity index is 1.38. The van der Waals surface area contributed by atoms with Crippen LogP contribution in [0.2, 0.25) is 0 Å². The summed E-state index contributed by atoms with van der Waals surface area (Å²) in [5.74, 6) is 0.736. The highest BCUT2D eigenvalue weighted by molar-refractivity contribution is 5.93. The van der Waals surface area contributed by atoms with Gasteiger partial charge < -0.3 is 15.1 Å². The second kappa shape index (κ2) is 10.2. The number of anilines is 1. The zero-order valence-corrected chi connectivity index (χ0v) is 17.2. The summed E-state index contributed by atoms with van der Waals surface area (Å²) in [4.78, 5) is 28.9. The number of rotatable bonds is 8. The van der Waals surface area contributed by atoms with E-state index in [-0.39, 0.29) is 17.9 Å². The second-order valence-corrected chi connectivity index (χ2v) is 7.42. The topological polar surface area (TPSA) is 77.8 Å². The van der Waals surface area contributed by atoms with Gasteiger partial charge in [-0.3, -0.25) is 19.4 Å². The van der Waals surface area contributed by atoms with Crippen molar-refractivity contribution >= 4 is 17.5 Å². The number of hydrogen-bond donors (Lipinski definition) is 2. The number of para-hydroxylation sites is 1. The van der Waals surface area contributed by atoms with Gasteiger partial charge in [0.25, 0.3) is 0 Å². The molecule has 0 spiro atoms. The number of hydrogen-bond acceptors (Lipinski definition) is 5. The largest absolute Gasteiger partial charge is 0.467 e. The fourth-order valence-corrected chi connectivity index (χ4v) is 3.55. The van der Waals surface area contributed by atoms with Crippen molar-refractivity contribution in [2.75, 3.05) is 44.6 Å². The molecule has 0 radical (unpaired) electrons. The molecule has 0 unspecified atom stereocenters. The highest BCUT2D eigenvalue weighted by atomic mass is 16.3. The fourth-order valence-electron chi connectivity index (χ4n) is 3.55. The van der Waals surface area contributed by atoms with Gasteiger partial charge in [0.1, 0.15) is 5.76 Å². The van der Waals surface area contributed by atoms with E-state index in [9.17, 15) is 9.59 Å². The van der Waals surface area contributed by atoms with Crippen molar-refractivity contribution in [1.29, 1.82) is 0 Å². The summed E-state index contributed by atoms with van der Waals surface area (Å²) in [5.41, 5.74) is 2.03. The van der Waals surface area contributed by atoms with Crippen LogP contribution in [0.25, 0.3) is 0 Å². The Kier molecular flexibility index (Phi) is 7.43. The van der Waals surface area contributed by atoms with Gasteiger partial charge >= 0.3 is 0 Å². The molecule has 7 nitrogen and oxygen atoms in total. The number of nitrogens with one attached hydrogen (secondary N) is 2. The lowest BCUT2D eigenvalue weighted by atomic mass is 10.1. The van der Waals surface area contributed by atoms with Crippen LogP contribution >= 0.6 is 0 Å². The molecule has 2 heterocycles. The van der Waals surface area contributed by atoms with Crippen LogP contribution < -0.4 is 10.6 Å². The number of benzene rings is 1. The number of carbonyl (C=O) groups is 2. The van der Waals surface area contributed by atoms with Crippen LogP contribution in [0.4, 0.5) is 5.69 Å². The van der Waals surface area contributed by atoms with Gasteiger partial charge in [0.15, 0.2) is 0 Å². The lowest BCUT2D eigenvalue weighted by molar-refractivity contribution is -0.124. The zero-order chi connectivity index (χ0) is 20.6. The molecule has 1 atom stereocenters. The van der Waals surface area contributed by atoms with Crippen LogP contribution in [-0.2, 0) is 16.0 Å². The van der Waals surface area contributed by atoms with Gasteiger partial charge in [0, 0.05) is 31.9 Å². The molecule has 0 bridgehead atoms. The Labute approximate surface area is 172 Å². The number of amides is 2. The standard InChI is InChI=1S/C22H30N4O3/c1-3-18-7-4-5-8-19(18)24-22(28)16-26-12-10-25(11-13-26)15-21(27)23-17(2)20-9-6-14-29-20/h4-9,14,17H,3,10-13,15-16H2,1-2H3,(H,23,27)(H,24,28)/t17-/m0/s1. The normalized spacial score (nSPS) is 16.3. The van der Waals surface area contributed by atoms with Crippen molar-refractivity contribution in [2.24, 2.45) is 0 Å². The number of piperazine rings is 1. The molecule has 1 aliphatic rings. The maximum absolute atomic E-state index is 12.4. The molecule has 0 aliphatic carbocycles. The molecule has 29 heavy (non-hydrogen) atoms. The van der Waals surface area contributed by atoms with E-state index < -0.39 is 0 Å². The molecule has 3 rings (SSSR count). The molecular weight excluding hydrogens is 368 g/mol. The summed E-state index contributed by atoms with van der Waals surface area (Å²) < 4.78 is 5.32. The summed E-state index contributed by atoms with van der Waals surface area (Å²) in [5, 5.41) is 5.98. The van der Waals surface area contributed by atoms with Gasteiger partial charge in [0.2, 0.25) is 11.8 Å². The summed E-state index contributed by atoms with van der Waals surface area (Å²) >= 11 is 0. The summed E-state index contributed by atoms with van der Waals surface area (Å²) in [6.07, 6.45) is 2.49. The summed E-state index contributed by atoms with van der Waals surface area (Å²) in [6, 6.07) is 11.4. The van der Waals surface area contributed by atoms with E-state index in [4.69, 9.17) is 4.42 Å². The fraction of sp³-hybridized carbons (Fsp3) is 0.455. The maximum Gasteiger partial charge on any atom is 0.238 e. The minimum Gasteiger partial charge on any atom is -0.467 e. The monoisotopic (exact) mass is 398 g/mol. The molecule has 0 saturated carbocycles. The number of aryl methyl sites for hydroxylation is 1. The van der Waals surface area contributed by atoms with Gasteiger partial charge in [-0.2, -0.15) is 0 Å². The molecule has 1 aromatic carbocycles. The third-order valence-electron chi connectivity index (χ3n) is 5.22. The van der Waals surface area contributed by atoms with E-state index in [0.717, 1.165) is 49.6 Å². The van der Waals surface area contributed by atoms with Gasteiger partial charge in [-0.1, -0.05) is 25.1 Å². The SMILES string of the molecule is CCc1ccccc1NC(=O)CN1CCN(CC(=O)N[C@@H](C)c2ccco2)CC1. The van der Waals surface area contributed by atoms with Crippen molar-refractivity contribution in [2.45, 2.75) is 26.3 Å². The maximum atomic E-state index is 12.4. The van der Waals surface area contributed by atoms with Crippen LogP contribution in [0.3, 0.4) is 0 Å². The zero-order valence-electron chi connectivity index (χ0n) is 17.2. The van der Waals surface area contributed by atoms with E-state index in [0.29, 0.717) is 13.1 Å². The Morgan fingerprint density at radius 1 is 1.00 bits per heavy atom. The first-order valence-electron chi connectivity index (χ1n) is 10.2. The van der Waals surface area contributed by atoms with Gasteiger partial charge in [-0.05, 0) is 37.1 Å². The van der Waals surface area contributed by atoms with Crippen molar-refractivity contribution in [3.05, 3.63) is 54.0 Å². The highest BCUT2D eigenvalue weighted by Crippen LogP contribution is 2.15. The first kappa shape index (κ1) is 21.1. The Bertz CT molecular complexity index is 798. The minimum atomic E-state index is -0.145. The molecule has 2 aromatic rings. The predicted molar refractivity (Wildman–Crippen MR) is 113 cm³/mol. The van der Waals surface area contributed by atoms with E-state index >= 15 is 0 Å². The number of nitrogens with zero attached hydrogens (tertiary/aromatic N) is 2. The first-order valence-corrected chi connectivity index (χ1v) is 10.2. The second-order valence-electron chi connectivity index (χ2n) is 7.42. The third kappa shape index (κ3) is 6.17. The lowest BCUT2D eigenvalue weighted by Crippen LogP contribution is -2.51. The smallest absolute Gasteiger partial charge is 0.238 e. The quantitative estimate of drug-likeness (QED) is 0.713. The Hall–Kier alpha value is -2.64. The van der Waals surface area contributed by atoms with Gasteiger partial charge in [-0.15, -0.1) is 0 Å². The van der Waals surface area contributed by atoms with E-state index in [1.165, 1.54) is 0 Å². The average Bonchev–Trinajstić information content (AvgIpc) is 3.25. The van der Waals surface area contributed by atoms with Crippen molar-refractivity contribution in [1.82, 2.24) is 15.1 Å². The summed E-state index contributed by atoms with van der Waals surface area (Å²) in [6.45, 7) is 7.78. The third-order valence-corrected chi connectivity index (χ3v) is 5.22. The van der Waals surface area contributed by atoms with E-state index in [1.807, 2.05) is 43.3 Å². The molecule has 1 aromatic heterocycles. The highest BCUT2D eigenvalue weighted by Gasteiger charge is 2.22. The predicted octanol–water partition coefficient (Wildman–Crippen LogP) is 2.28. The molecule has 1 saturated heterocycles. The molecule has 2 amide bonds. The van der Waals surface area contributed by atoms with Crippen LogP contribution in [0.15, 0.2) is 47.1 Å². The molecule has 2 N–H and O–H groups in total. The molecule has 1 fully saturated rings. The summed E-state index contributed by atoms with van der Waals surface area (Å²) in [7, 11) is 0. The lowest BCUT2D eigenvalue weighted by Gasteiger charge is -2.34. The first-order chi connectivity index (χ1) is 14.0. The Morgan fingerprint density at radius 3 is 2.28 bits per heavy atom. The molecular formula is C22H30N4O3. The van der Waals surface area contributed by atoms with Crippen LogP contribution in [-0.4, -0.2) is 60.9 Å².